The number of hydrogen-bond acceptors (Lipinski definition) is 2. The van der Waals surface area contributed by atoms with Crippen molar-refractivity contribution in [3.63, 3.8) is 0 Å². The number of nitrogens with one attached hydrogen (secondary N) is 1. The molecule has 0 aliphatic heterocycles. The van der Waals surface area contributed by atoms with Crippen LogP contribution < -0.4 is 10.1 Å². The molecule has 2 nitrogen and oxygen atoms in total. The molecular formula is C19H22ClNO. The Morgan fingerprint density at radius 2 is 1.77 bits per heavy atom. The van der Waals surface area contributed by atoms with Gasteiger partial charge in [-0.15, -0.1) is 0 Å². The molecule has 0 bridgehead atoms. The van der Waals surface area contributed by atoms with E-state index in [1.54, 1.807) is 0 Å². The molecule has 22 heavy (non-hydrogen) atoms. The summed E-state index contributed by atoms with van der Waals surface area (Å²) in [5.41, 5.74) is 5.00. The lowest BCUT2D eigenvalue weighted by atomic mass is 10.1. The second-order valence-electron chi connectivity index (χ2n) is 5.74. The van der Waals surface area contributed by atoms with Gasteiger partial charge in [-0.1, -0.05) is 35.9 Å². The Balaban J connectivity index is 2.25. The Labute approximate surface area is 137 Å². The van der Waals surface area contributed by atoms with Crippen LogP contribution in [-0.2, 0) is 0 Å². The molecule has 0 unspecified atom stereocenters. The van der Waals surface area contributed by atoms with Crippen molar-refractivity contribution in [1.29, 1.82) is 0 Å². The van der Waals surface area contributed by atoms with E-state index < -0.39 is 0 Å². The van der Waals surface area contributed by atoms with E-state index in [0.717, 1.165) is 22.5 Å². The van der Waals surface area contributed by atoms with Crippen LogP contribution in [0.2, 0.25) is 5.02 Å². The fourth-order valence-electron chi connectivity index (χ4n) is 2.13. The zero-order valence-corrected chi connectivity index (χ0v) is 14.3. The van der Waals surface area contributed by atoms with E-state index in [9.17, 15) is 0 Å². The van der Waals surface area contributed by atoms with Gasteiger partial charge in [0.15, 0.2) is 0 Å². The third-order valence-electron chi connectivity index (χ3n) is 3.28. The van der Waals surface area contributed by atoms with Gasteiger partial charge in [-0.25, -0.2) is 0 Å². The predicted molar refractivity (Wildman–Crippen MR) is 95.8 cm³/mol. The van der Waals surface area contributed by atoms with Gasteiger partial charge in [0.1, 0.15) is 5.75 Å². The summed E-state index contributed by atoms with van der Waals surface area (Å²) in [6.07, 6.45) is 0.0745. The van der Waals surface area contributed by atoms with Crippen molar-refractivity contribution in [2.45, 2.75) is 33.8 Å². The highest BCUT2D eigenvalue weighted by Crippen LogP contribution is 2.32. The smallest absolute Gasteiger partial charge is 0.139 e. The zero-order valence-electron chi connectivity index (χ0n) is 13.5. The SMILES string of the molecule is C=C(Nc1ccc(C)cc1)c1cc(C)c(Cl)c(OC(C)C)c1. The second-order valence-corrected chi connectivity index (χ2v) is 6.12. The van der Waals surface area contributed by atoms with Crippen LogP contribution in [0.3, 0.4) is 0 Å². The van der Waals surface area contributed by atoms with Gasteiger partial charge in [0.25, 0.3) is 0 Å². The van der Waals surface area contributed by atoms with Crippen molar-refractivity contribution >= 4 is 23.0 Å². The molecule has 1 N–H and O–H groups in total. The van der Waals surface area contributed by atoms with Gasteiger partial charge >= 0.3 is 0 Å². The van der Waals surface area contributed by atoms with Crippen LogP contribution in [0, 0.1) is 13.8 Å². The lowest BCUT2D eigenvalue weighted by Crippen LogP contribution is -2.07. The second kappa shape index (κ2) is 6.89. The molecular weight excluding hydrogens is 294 g/mol. The van der Waals surface area contributed by atoms with Crippen LogP contribution in [0.25, 0.3) is 5.70 Å². The highest BCUT2D eigenvalue weighted by atomic mass is 35.5. The molecule has 3 heteroatoms. The van der Waals surface area contributed by atoms with Crippen LogP contribution in [0.5, 0.6) is 5.75 Å². The summed E-state index contributed by atoms with van der Waals surface area (Å²) in [6, 6.07) is 12.1. The van der Waals surface area contributed by atoms with Gasteiger partial charge in [0.2, 0.25) is 0 Å². The fraction of sp³-hybridized carbons (Fsp3) is 0.263. The summed E-state index contributed by atoms with van der Waals surface area (Å²) in [5, 5.41) is 3.97. The van der Waals surface area contributed by atoms with Gasteiger partial charge in [0, 0.05) is 16.9 Å². The third-order valence-corrected chi connectivity index (χ3v) is 3.76. The van der Waals surface area contributed by atoms with Gasteiger partial charge < -0.3 is 10.1 Å². The summed E-state index contributed by atoms with van der Waals surface area (Å²) in [4.78, 5) is 0. The van der Waals surface area contributed by atoms with Crippen molar-refractivity contribution in [2.75, 3.05) is 5.32 Å². The molecule has 0 spiro atoms. The molecule has 0 fully saturated rings. The Morgan fingerprint density at radius 1 is 1.14 bits per heavy atom. The van der Waals surface area contributed by atoms with E-state index in [1.807, 2.05) is 45.0 Å². The first-order valence-corrected chi connectivity index (χ1v) is 7.74. The standard InChI is InChI=1S/C19H22ClNO/c1-12(2)22-18-11-16(10-14(4)19(18)20)15(5)21-17-8-6-13(3)7-9-17/h6-12,21H,5H2,1-4H3. The average Bonchev–Trinajstić information content (AvgIpc) is 2.45. The molecule has 0 aromatic heterocycles. The Morgan fingerprint density at radius 3 is 2.36 bits per heavy atom. The van der Waals surface area contributed by atoms with Crippen molar-refractivity contribution in [3.8, 4) is 5.75 Å². The first-order chi connectivity index (χ1) is 10.4. The van der Waals surface area contributed by atoms with Crippen LogP contribution in [0.1, 0.15) is 30.5 Å². The minimum atomic E-state index is 0.0745. The normalized spacial score (nSPS) is 10.6. The molecule has 2 rings (SSSR count). The summed E-state index contributed by atoms with van der Waals surface area (Å²) in [7, 11) is 0. The molecule has 0 saturated heterocycles. The number of ether oxygens (including phenoxy) is 1. The highest BCUT2D eigenvalue weighted by Gasteiger charge is 2.11. The summed E-state index contributed by atoms with van der Waals surface area (Å²) < 4.78 is 5.78. The van der Waals surface area contributed by atoms with E-state index in [4.69, 9.17) is 16.3 Å². The van der Waals surface area contributed by atoms with Crippen molar-refractivity contribution in [1.82, 2.24) is 0 Å². The maximum Gasteiger partial charge on any atom is 0.139 e. The molecule has 0 radical (unpaired) electrons. The third kappa shape index (κ3) is 4.05. The van der Waals surface area contributed by atoms with Gasteiger partial charge in [0.05, 0.1) is 11.1 Å². The number of hydrogen-bond donors (Lipinski definition) is 1. The predicted octanol–water partition coefficient (Wildman–Crippen LogP) is 5.83. The molecule has 2 aromatic rings. The van der Waals surface area contributed by atoms with E-state index in [2.05, 4.69) is 31.0 Å². The van der Waals surface area contributed by atoms with Crippen molar-refractivity contribution < 1.29 is 4.74 Å². The van der Waals surface area contributed by atoms with Gasteiger partial charge in [-0.05, 0) is 57.5 Å². The Hall–Kier alpha value is -1.93. The van der Waals surface area contributed by atoms with Gasteiger partial charge in [-0.3, -0.25) is 0 Å². The Kier molecular flexibility index (Phi) is 5.15. The molecule has 0 amide bonds. The van der Waals surface area contributed by atoms with E-state index in [-0.39, 0.29) is 6.10 Å². The number of benzene rings is 2. The van der Waals surface area contributed by atoms with E-state index in [0.29, 0.717) is 10.8 Å². The fourth-order valence-corrected chi connectivity index (χ4v) is 2.29. The van der Waals surface area contributed by atoms with E-state index in [1.165, 1.54) is 5.56 Å². The first kappa shape index (κ1) is 16.4. The topological polar surface area (TPSA) is 21.3 Å². The van der Waals surface area contributed by atoms with Crippen molar-refractivity contribution in [2.24, 2.45) is 0 Å². The summed E-state index contributed by atoms with van der Waals surface area (Å²) in [5.74, 6) is 0.693. The lowest BCUT2D eigenvalue weighted by Gasteiger charge is -2.16. The largest absolute Gasteiger partial charge is 0.489 e. The Bertz CT molecular complexity index is 675. The van der Waals surface area contributed by atoms with Gasteiger partial charge in [-0.2, -0.15) is 0 Å². The molecule has 0 heterocycles. The number of halogens is 1. The molecule has 0 aliphatic rings. The number of aryl methyl sites for hydroxylation is 2. The maximum atomic E-state index is 6.32. The molecule has 0 saturated carbocycles. The zero-order chi connectivity index (χ0) is 16.3. The molecule has 2 aromatic carbocycles. The first-order valence-electron chi connectivity index (χ1n) is 7.36. The van der Waals surface area contributed by atoms with E-state index >= 15 is 0 Å². The molecule has 116 valence electrons. The average molecular weight is 316 g/mol. The summed E-state index contributed by atoms with van der Waals surface area (Å²) >= 11 is 6.32. The van der Waals surface area contributed by atoms with Crippen LogP contribution in [0.4, 0.5) is 5.69 Å². The molecule has 0 aliphatic carbocycles. The van der Waals surface area contributed by atoms with Crippen LogP contribution >= 0.6 is 11.6 Å². The quantitative estimate of drug-likeness (QED) is 0.749. The minimum absolute atomic E-state index is 0.0745. The lowest BCUT2D eigenvalue weighted by molar-refractivity contribution is 0.242. The van der Waals surface area contributed by atoms with Crippen molar-refractivity contribution in [3.05, 3.63) is 64.7 Å². The van der Waals surface area contributed by atoms with Crippen LogP contribution in [-0.4, -0.2) is 6.10 Å². The molecule has 0 atom stereocenters. The maximum absolute atomic E-state index is 6.32. The number of anilines is 1. The van der Waals surface area contributed by atoms with Crippen LogP contribution in [0.15, 0.2) is 43.0 Å². The number of rotatable bonds is 5. The minimum Gasteiger partial charge on any atom is -0.489 e. The highest BCUT2D eigenvalue weighted by molar-refractivity contribution is 6.32. The summed E-state index contributed by atoms with van der Waals surface area (Å²) in [6.45, 7) is 12.1. The monoisotopic (exact) mass is 315 g/mol.